The SMILES string of the molecule is S=C(NN=CC1=C(N2CCCCC2)C(=Cc2ccccc2)CC1)Nc1ccccc1. The molecule has 5 heteroatoms. The van der Waals surface area contributed by atoms with Crippen LogP contribution in [0, 0.1) is 0 Å². The summed E-state index contributed by atoms with van der Waals surface area (Å²) in [5.74, 6) is 0. The molecule has 30 heavy (non-hydrogen) atoms. The van der Waals surface area contributed by atoms with Crippen molar-refractivity contribution in [1.82, 2.24) is 10.3 Å². The number of thiocarbonyl (C=S) groups is 1. The topological polar surface area (TPSA) is 39.7 Å². The second-order valence-electron chi connectivity index (χ2n) is 7.69. The zero-order chi connectivity index (χ0) is 20.6. The van der Waals surface area contributed by atoms with Gasteiger partial charge in [-0.25, -0.2) is 0 Å². The lowest BCUT2D eigenvalue weighted by Gasteiger charge is -2.31. The van der Waals surface area contributed by atoms with E-state index in [0.717, 1.165) is 31.6 Å². The van der Waals surface area contributed by atoms with E-state index < -0.39 is 0 Å². The molecule has 0 saturated carbocycles. The summed E-state index contributed by atoms with van der Waals surface area (Å²) in [4.78, 5) is 2.55. The summed E-state index contributed by atoms with van der Waals surface area (Å²) in [5, 5.41) is 8.09. The highest BCUT2D eigenvalue weighted by molar-refractivity contribution is 7.80. The van der Waals surface area contributed by atoms with Crippen molar-refractivity contribution in [3.05, 3.63) is 83.1 Å². The molecule has 154 valence electrons. The maximum atomic E-state index is 5.37. The molecule has 0 aromatic heterocycles. The van der Waals surface area contributed by atoms with E-state index in [-0.39, 0.29) is 0 Å². The third kappa shape index (κ3) is 5.36. The Labute approximate surface area is 184 Å². The van der Waals surface area contributed by atoms with Crippen LogP contribution in [0.5, 0.6) is 0 Å². The molecule has 0 unspecified atom stereocenters. The molecule has 1 fully saturated rings. The lowest BCUT2D eigenvalue weighted by molar-refractivity contribution is 0.290. The van der Waals surface area contributed by atoms with Gasteiger partial charge in [0.05, 0.1) is 6.21 Å². The first kappa shape index (κ1) is 20.4. The van der Waals surface area contributed by atoms with Gasteiger partial charge in [-0.15, -0.1) is 0 Å². The number of piperidine rings is 1. The smallest absolute Gasteiger partial charge is 0.191 e. The number of hydrogen-bond donors (Lipinski definition) is 2. The summed E-state index contributed by atoms with van der Waals surface area (Å²) in [5.41, 5.74) is 9.24. The Kier molecular flexibility index (Phi) is 6.93. The summed E-state index contributed by atoms with van der Waals surface area (Å²) in [7, 11) is 0. The molecule has 0 radical (unpaired) electrons. The van der Waals surface area contributed by atoms with Crippen molar-refractivity contribution >= 4 is 35.3 Å². The van der Waals surface area contributed by atoms with Crippen molar-refractivity contribution in [2.45, 2.75) is 32.1 Å². The molecule has 1 saturated heterocycles. The molecule has 2 aromatic rings. The van der Waals surface area contributed by atoms with E-state index in [4.69, 9.17) is 12.2 Å². The van der Waals surface area contributed by atoms with E-state index in [1.54, 1.807) is 0 Å². The molecule has 1 aliphatic carbocycles. The maximum absolute atomic E-state index is 5.37. The summed E-state index contributed by atoms with van der Waals surface area (Å²) in [6.45, 7) is 2.25. The number of likely N-dealkylation sites (tertiary alicyclic amines) is 1. The first-order valence-corrected chi connectivity index (χ1v) is 11.1. The van der Waals surface area contributed by atoms with E-state index in [2.05, 4.69) is 57.2 Å². The Bertz CT molecular complexity index is 942. The molecule has 0 amide bonds. The third-order valence-electron chi connectivity index (χ3n) is 5.50. The van der Waals surface area contributed by atoms with Gasteiger partial charge in [0.25, 0.3) is 0 Å². The molecule has 2 aromatic carbocycles. The third-order valence-corrected chi connectivity index (χ3v) is 5.70. The van der Waals surface area contributed by atoms with Gasteiger partial charge in [-0.3, -0.25) is 5.43 Å². The molecule has 4 rings (SSSR count). The number of anilines is 1. The van der Waals surface area contributed by atoms with Gasteiger partial charge >= 0.3 is 0 Å². The number of nitrogens with one attached hydrogen (secondary N) is 2. The van der Waals surface area contributed by atoms with Crippen molar-refractivity contribution < 1.29 is 0 Å². The minimum absolute atomic E-state index is 0.496. The molecule has 2 aliphatic rings. The van der Waals surface area contributed by atoms with E-state index >= 15 is 0 Å². The van der Waals surface area contributed by atoms with Crippen LogP contribution in [0.25, 0.3) is 6.08 Å². The van der Waals surface area contributed by atoms with E-state index in [1.807, 2.05) is 36.5 Å². The van der Waals surface area contributed by atoms with Crippen molar-refractivity contribution in [3.63, 3.8) is 0 Å². The zero-order valence-corrected chi connectivity index (χ0v) is 18.0. The first-order valence-electron chi connectivity index (χ1n) is 10.7. The lowest BCUT2D eigenvalue weighted by Crippen LogP contribution is -2.30. The Balaban J connectivity index is 1.50. The monoisotopic (exact) mass is 416 g/mol. The van der Waals surface area contributed by atoms with Crippen molar-refractivity contribution in [1.29, 1.82) is 0 Å². The second-order valence-corrected chi connectivity index (χ2v) is 8.10. The van der Waals surface area contributed by atoms with Crippen LogP contribution in [-0.2, 0) is 0 Å². The van der Waals surface area contributed by atoms with E-state index in [1.165, 1.54) is 41.7 Å². The summed E-state index contributed by atoms with van der Waals surface area (Å²) in [6, 6.07) is 20.5. The Morgan fingerprint density at radius 1 is 0.900 bits per heavy atom. The van der Waals surface area contributed by atoms with Gasteiger partial charge in [0, 0.05) is 24.5 Å². The number of hydrazone groups is 1. The highest BCUT2D eigenvalue weighted by atomic mass is 32.1. The van der Waals surface area contributed by atoms with Gasteiger partial charge in [-0.05, 0) is 79.2 Å². The number of benzene rings is 2. The van der Waals surface area contributed by atoms with Gasteiger partial charge in [0.2, 0.25) is 0 Å². The van der Waals surface area contributed by atoms with Crippen LogP contribution in [0.4, 0.5) is 5.69 Å². The molecular weight excluding hydrogens is 388 g/mol. The Morgan fingerprint density at radius 2 is 1.60 bits per heavy atom. The predicted octanol–water partition coefficient (Wildman–Crippen LogP) is 5.58. The molecule has 0 spiro atoms. The van der Waals surface area contributed by atoms with Crippen LogP contribution in [-0.4, -0.2) is 29.3 Å². The van der Waals surface area contributed by atoms with Gasteiger partial charge in [-0.1, -0.05) is 48.5 Å². The van der Waals surface area contributed by atoms with Gasteiger partial charge < -0.3 is 10.2 Å². The first-order chi connectivity index (χ1) is 14.8. The average molecular weight is 417 g/mol. The van der Waals surface area contributed by atoms with Crippen molar-refractivity contribution in [2.24, 2.45) is 5.10 Å². The fourth-order valence-electron chi connectivity index (χ4n) is 4.10. The fourth-order valence-corrected chi connectivity index (χ4v) is 4.27. The summed E-state index contributed by atoms with van der Waals surface area (Å²) < 4.78 is 0. The van der Waals surface area contributed by atoms with Crippen LogP contribution >= 0.6 is 12.2 Å². The van der Waals surface area contributed by atoms with Crippen LogP contribution < -0.4 is 10.7 Å². The molecule has 1 heterocycles. The van der Waals surface area contributed by atoms with Crippen LogP contribution in [0.1, 0.15) is 37.7 Å². The van der Waals surface area contributed by atoms with Crippen LogP contribution in [0.15, 0.2) is 82.6 Å². The second kappa shape index (κ2) is 10.2. The Morgan fingerprint density at radius 3 is 2.33 bits per heavy atom. The molecule has 1 aliphatic heterocycles. The quantitative estimate of drug-likeness (QED) is 0.379. The number of nitrogens with zero attached hydrogens (tertiary/aromatic N) is 2. The lowest BCUT2D eigenvalue weighted by atomic mass is 10.0. The average Bonchev–Trinajstić information content (AvgIpc) is 3.18. The van der Waals surface area contributed by atoms with Gasteiger partial charge in [-0.2, -0.15) is 5.10 Å². The number of rotatable bonds is 5. The number of allylic oxidation sites excluding steroid dienone is 2. The minimum Gasteiger partial charge on any atom is -0.371 e. The van der Waals surface area contributed by atoms with Crippen molar-refractivity contribution in [3.8, 4) is 0 Å². The molecule has 4 nitrogen and oxygen atoms in total. The van der Waals surface area contributed by atoms with Crippen LogP contribution in [0.2, 0.25) is 0 Å². The zero-order valence-electron chi connectivity index (χ0n) is 17.2. The number of para-hydroxylation sites is 1. The molecule has 0 bridgehead atoms. The molecule has 2 N–H and O–H groups in total. The molecule has 0 atom stereocenters. The molecular formula is C25H28N4S. The van der Waals surface area contributed by atoms with Gasteiger partial charge in [0.15, 0.2) is 5.11 Å². The number of hydrogen-bond acceptors (Lipinski definition) is 3. The predicted molar refractivity (Wildman–Crippen MR) is 130 cm³/mol. The highest BCUT2D eigenvalue weighted by Gasteiger charge is 2.25. The highest BCUT2D eigenvalue weighted by Crippen LogP contribution is 2.35. The largest absolute Gasteiger partial charge is 0.371 e. The van der Waals surface area contributed by atoms with E-state index in [9.17, 15) is 0 Å². The summed E-state index contributed by atoms with van der Waals surface area (Å²) in [6.07, 6.45) is 10.2. The fraction of sp³-hybridized carbons (Fsp3) is 0.280. The minimum atomic E-state index is 0.496. The van der Waals surface area contributed by atoms with Crippen molar-refractivity contribution in [2.75, 3.05) is 18.4 Å². The van der Waals surface area contributed by atoms with Crippen LogP contribution in [0.3, 0.4) is 0 Å². The Hall–Kier alpha value is -2.92. The van der Waals surface area contributed by atoms with Gasteiger partial charge in [0.1, 0.15) is 0 Å². The van der Waals surface area contributed by atoms with E-state index in [0.29, 0.717) is 5.11 Å². The maximum Gasteiger partial charge on any atom is 0.191 e. The normalized spacial score (nSPS) is 18.3. The summed E-state index contributed by atoms with van der Waals surface area (Å²) >= 11 is 5.37. The standard InChI is InChI=1S/C25H28N4S/c30-25(27-23-12-6-2-7-13-23)28-26-19-22-15-14-21(18-20-10-4-1-5-11-20)24(22)29-16-8-3-9-17-29/h1-2,4-7,10-13,18-19H,3,8-9,14-17H2,(H2,27,28,30).